The van der Waals surface area contributed by atoms with Crippen LogP contribution in [0.25, 0.3) is 16.6 Å². The lowest BCUT2D eigenvalue weighted by molar-refractivity contribution is 0.102. The summed E-state index contributed by atoms with van der Waals surface area (Å²) in [5.41, 5.74) is 5.19. The molecule has 4 nitrogen and oxygen atoms in total. The molecule has 0 aliphatic rings. The normalized spacial score (nSPS) is 11.0. The van der Waals surface area contributed by atoms with Crippen molar-refractivity contribution in [2.75, 3.05) is 5.75 Å². The minimum Gasteiger partial charge on any atom is -0.293 e. The average molecular weight is 415 g/mol. The summed E-state index contributed by atoms with van der Waals surface area (Å²) in [4.78, 5) is 30.9. The number of aryl methyl sites for hydroxylation is 3. The highest BCUT2D eigenvalue weighted by molar-refractivity contribution is 7.99. The van der Waals surface area contributed by atoms with Crippen LogP contribution in [-0.4, -0.2) is 21.1 Å². The molecule has 0 saturated carbocycles. The van der Waals surface area contributed by atoms with Crippen LogP contribution in [0.4, 0.5) is 0 Å². The lowest BCUT2D eigenvalue weighted by atomic mass is 9.99. The first-order chi connectivity index (χ1) is 14.5. The fourth-order valence-electron chi connectivity index (χ4n) is 3.48. The topological polar surface area (TPSA) is 52.0 Å². The number of ketones is 1. The maximum absolute atomic E-state index is 13.2. The van der Waals surface area contributed by atoms with Crippen LogP contribution in [-0.2, 0) is 0 Å². The van der Waals surface area contributed by atoms with Crippen LogP contribution in [0.5, 0.6) is 0 Å². The molecule has 30 heavy (non-hydrogen) atoms. The van der Waals surface area contributed by atoms with Crippen molar-refractivity contribution in [3.63, 3.8) is 0 Å². The van der Waals surface area contributed by atoms with Crippen LogP contribution in [0.2, 0.25) is 0 Å². The number of Topliss-reactive ketones (excluding diaryl/α,β-unsaturated/α-hetero) is 1. The molecular weight excluding hydrogens is 392 g/mol. The fraction of sp³-hybridized carbons (Fsp3) is 0.160. The number of carbonyl (C=O) groups is 1. The summed E-state index contributed by atoms with van der Waals surface area (Å²) in [5, 5.41) is 1.07. The Hall–Kier alpha value is -3.18. The predicted molar refractivity (Wildman–Crippen MR) is 123 cm³/mol. The lowest BCUT2D eigenvalue weighted by Crippen LogP contribution is -2.22. The van der Waals surface area contributed by atoms with Gasteiger partial charge in [0.1, 0.15) is 0 Å². The van der Waals surface area contributed by atoms with E-state index in [9.17, 15) is 9.59 Å². The van der Waals surface area contributed by atoms with E-state index in [0.29, 0.717) is 16.1 Å². The van der Waals surface area contributed by atoms with E-state index in [1.54, 1.807) is 10.6 Å². The third-order valence-corrected chi connectivity index (χ3v) is 6.17. The number of para-hydroxylation sites is 2. The molecule has 1 heterocycles. The van der Waals surface area contributed by atoms with E-state index in [1.807, 2.05) is 81.4 Å². The zero-order valence-electron chi connectivity index (χ0n) is 17.2. The molecule has 0 bridgehead atoms. The highest BCUT2D eigenvalue weighted by Crippen LogP contribution is 2.24. The smallest absolute Gasteiger partial charge is 0.266 e. The van der Waals surface area contributed by atoms with E-state index < -0.39 is 0 Å². The summed E-state index contributed by atoms with van der Waals surface area (Å²) < 4.78 is 1.59. The van der Waals surface area contributed by atoms with Crippen LogP contribution in [0, 0.1) is 20.8 Å². The Kier molecular flexibility index (Phi) is 5.55. The predicted octanol–water partition coefficient (Wildman–Crippen LogP) is 5.29. The van der Waals surface area contributed by atoms with Crippen molar-refractivity contribution >= 4 is 28.4 Å². The zero-order chi connectivity index (χ0) is 21.3. The first-order valence-electron chi connectivity index (χ1n) is 9.77. The van der Waals surface area contributed by atoms with E-state index in [4.69, 9.17) is 4.98 Å². The van der Waals surface area contributed by atoms with Gasteiger partial charge in [0.15, 0.2) is 10.9 Å². The van der Waals surface area contributed by atoms with Crippen molar-refractivity contribution < 1.29 is 4.79 Å². The summed E-state index contributed by atoms with van der Waals surface area (Å²) in [6.45, 7) is 6.01. The molecule has 0 aliphatic heterocycles. The molecule has 0 unspecified atom stereocenters. The number of thioether (sulfide) groups is 1. The molecule has 0 atom stereocenters. The Balaban J connectivity index is 1.75. The molecule has 1 aromatic heterocycles. The Labute approximate surface area is 179 Å². The summed E-state index contributed by atoms with van der Waals surface area (Å²) >= 11 is 1.29. The summed E-state index contributed by atoms with van der Waals surface area (Å²) in [7, 11) is 0. The molecule has 4 rings (SSSR count). The molecule has 0 amide bonds. The summed E-state index contributed by atoms with van der Waals surface area (Å²) in [5.74, 6) is 0.239. The number of carbonyl (C=O) groups excluding carboxylic acids is 1. The van der Waals surface area contributed by atoms with Crippen LogP contribution in [0.1, 0.15) is 27.0 Å². The molecule has 0 radical (unpaired) electrons. The maximum Gasteiger partial charge on any atom is 0.266 e. The van der Waals surface area contributed by atoms with Gasteiger partial charge in [-0.2, -0.15) is 0 Å². The largest absolute Gasteiger partial charge is 0.293 e. The number of aromatic nitrogens is 2. The van der Waals surface area contributed by atoms with Gasteiger partial charge in [0.25, 0.3) is 5.56 Å². The Bertz CT molecular complexity index is 1310. The highest BCUT2D eigenvalue weighted by atomic mass is 32.2. The zero-order valence-corrected chi connectivity index (χ0v) is 18.0. The third kappa shape index (κ3) is 3.81. The second kappa shape index (κ2) is 8.28. The van der Waals surface area contributed by atoms with Gasteiger partial charge in [-0.1, -0.05) is 48.2 Å². The first-order valence-corrected chi connectivity index (χ1v) is 10.8. The Morgan fingerprint density at radius 2 is 1.57 bits per heavy atom. The molecular formula is C25H22N2O2S. The fourth-order valence-corrected chi connectivity index (χ4v) is 4.38. The molecule has 0 spiro atoms. The van der Waals surface area contributed by atoms with E-state index in [1.165, 1.54) is 17.3 Å². The van der Waals surface area contributed by atoms with Crippen molar-refractivity contribution in [2.24, 2.45) is 0 Å². The van der Waals surface area contributed by atoms with Gasteiger partial charge in [-0.3, -0.25) is 14.2 Å². The standard InChI is InChI=1S/C25H22N2O2S/c1-16-13-18(3)21(14-17(16)2)23(28)15-30-25-26-22-12-8-7-11-20(22)24(29)27(25)19-9-5-4-6-10-19/h4-14H,15H2,1-3H3. The van der Waals surface area contributed by atoms with Gasteiger partial charge in [-0.25, -0.2) is 4.98 Å². The van der Waals surface area contributed by atoms with Crippen LogP contribution >= 0.6 is 11.8 Å². The van der Waals surface area contributed by atoms with Crippen molar-refractivity contribution in [2.45, 2.75) is 25.9 Å². The molecule has 0 N–H and O–H groups in total. The number of fused-ring (bicyclic) bond motifs is 1. The minimum atomic E-state index is -0.135. The van der Waals surface area contributed by atoms with Crippen molar-refractivity contribution in [1.29, 1.82) is 0 Å². The van der Waals surface area contributed by atoms with Gasteiger partial charge in [-0.05, 0) is 67.8 Å². The number of nitrogens with zero attached hydrogens (tertiary/aromatic N) is 2. The molecule has 4 aromatic rings. The lowest BCUT2D eigenvalue weighted by Gasteiger charge is -2.13. The second-order valence-electron chi connectivity index (χ2n) is 7.35. The highest BCUT2D eigenvalue weighted by Gasteiger charge is 2.16. The molecule has 0 fully saturated rings. The maximum atomic E-state index is 13.2. The van der Waals surface area contributed by atoms with E-state index in [2.05, 4.69) is 0 Å². The quantitative estimate of drug-likeness (QED) is 0.253. The summed E-state index contributed by atoms with van der Waals surface area (Å²) in [6, 6.07) is 20.7. The monoisotopic (exact) mass is 414 g/mol. The van der Waals surface area contributed by atoms with Gasteiger partial charge in [0.2, 0.25) is 0 Å². The van der Waals surface area contributed by atoms with Gasteiger partial charge in [-0.15, -0.1) is 0 Å². The summed E-state index contributed by atoms with van der Waals surface area (Å²) in [6.07, 6.45) is 0. The van der Waals surface area contributed by atoms with E-state index in [0.717, 1.165) is 22.4 Å². The van der Waals surface area contributed by atoms with Crippen molar-refractivity contribution in [3.05, 3.63) is 99.3 Å². The first kappa shape index (κ1) is 20.1. The SMILES string of the molecule is Cc1cc(C)c(C(=O)CSc2nc3ccccc3c(=O)n2-c2ccccc2)cc1C. The number of rotatable bonds is 5. The molecule has 0 saturated heterocycles. The minimum absolute atomic E-state index is 0.0302. The van der Waals surface area contributed by atoms with Crippen LogP contribution in [0.15, 0.2) is 76.7 Å². The Morgan fingerprint density at radius 3 is 2.33 bits per heavy atom. The third-order valence-electron chi connectivity index (χ3n) is 5.23. The average Bonchev–Trinajstić information content (AvgIpc) is 2.75. The molecule has 3 aromatic carbocycles. The van der Waals surface area contributed by atoms with Gasteiger partial charge < -0.3 is 0 Å². The number of hydrogen-bond acceptors (Lipinski definition) is 4. The van der Waals surface area contributed by atoms with Crippen LogP contribution in [0.3, 0.4) is 0 Å². The van der Waals surface area contributed by atoms with E-state index in [-0.39, 0.29) is 17.1 Å². The Morgan fingerprint density at radius 1 is 0.900 bits per heavy atom. The van der Waals surface area contributed by atoms with Crippen LogP contribution < -0.4 is 5.56 Å². The number of hydrogen-bond donors (Lipinski definition) is 0. The van der Waals surface area contributed by atoms with Gasteiger partial charge in [0.05, 0.1) is 22.3 Å². The van der Waals surface area contributed by atoms with Crippen molar-refractivity contribution in [3.8, 4) is 5.69 Å². The molecule has 0 aliphatic carbocycles. The van der Waals surface area contributed by atoms with Gasteiger partial charge >= 0.3 is 0 Å². The molecule has 150 valence electrons. The van der Waals surface area contributed by atoms with E-state index >= 15 is 0 Å². The second-order valence-corrected chi connectivity index (χ2v) is 8.29. The van der Waals surface area contributed by atoms with Gasteiger partial charge in [0, 0.05) is 5.56 Å². The van der Waals surface area contributed by atoms with Crippen molar-refractivity contribution in [1.82, 2.24) is 9.55 Å². The molecule has 5 heteroatoms. The number of benzene rings is 3.